The smallest absolute Gasteiger partial charge is 0.303 e. The van der Waals surface area contributed by atoms with Crippen molar-refractivity contribution in [2.45, 2.75) is 59.2 Å². The minimum absolute atomic E-state index is 0.0713. The third-order valence-corrected chi connectivity index (χ3v) is 4.73. The molecular formula is C20H27N5O8. The maximum Gasteiger partial charge on any atom is 0.303 e. The molecule has 1 aliphatic heterocycles. The van der Waals surface area contributed by atoms with Gasteiger partial charge in [-0.15, -0.1) is 0 Å². The number of nitrogens with one attached hydrogen (secondary N) is 2. The first-order valence-electron chi connectivity index (χ1n) is 10.4. The normalized spacial score (nSPS) is 22.4. The first-order chi connectivity index (χ1) is 15.6. The van der Waals surface area contributed by atoms with Crippen molar-refractivity contribution in [1.29, 1.82) is 0 Å². The number of hydrogen-bond donors (Lipinski definition) is 2. The molecule has 1 aliphatic rings. The molecule has 1 fully saturated rings. The summed E-state index contributed by atoms with van der Waals surface area (Å²) in [6.45, 7) is 7.95. The summed E-state index contributed by atoms with van der Waals surface area (Å²) in [7, 11) is 0. The second kappa shape index (κ2) is 9.98. The molecule has 0 aliphatic carbocycles. The average molecular weight is 465 g/mol. The monoisotopic (exact) mass is 465 g/mol. The number of H-pyrrole nitrogens is 1. The van der Waals surface area contributed by atoms with Crippen LogP contribution in [-0.4, -0.2) is 68.9 Å². The SMILES string of the molecule is CC(=O)OC[C@H]1O[C@H](n2cnc3nc(NCC(C)C)[nH]c(=O)c32)[C@@H](OC(C)=O)[C@@H]1OC(C)=O. The van der Waals surface area contributed by atoms with Gasteiger partial charge < -0.3 is 24.3 Å². The van der Waals surface area contributed by atoms with Crippen LogP contribution in [0.2, 0.25) is 0 Å². The van der Waals surface area contributed by atoms with Gasteiger partial charge in [-0.25, -0.2) is 4.98 Å². The summed E-state index contributed by atoms with van der Waals surface area (Å²) >= 11 is 0. The molecule has 13 nitrogen and oxygen atoms in total. The van der Waals surface area contributed by atoms with E-state index in [2.05, 4.69) is 20.3 Å². The highest BCUT2D eigenvalue weighted by atomic mass is 16.7. The van der Waals surface area contributed by atoms with E-state index in [-0.39, 0.29) is 23.7 Å². The zero-order chi connectivity index (χ0) is 24.3. The van der Waals surface area contributed by atoms with Crippen LogP contribution in [0, 0.1) is 5.92 Å². The van der Waals surface area contributed by atoms with Crippen LogP contribution in [-0.2, 0) is 33.3 Å². The zero-order valence-electron chi connectivity index (χ0n) is 19.0. The predicted octanol–water partition coefficient (Wildman–Crippen LogP) is 0.511. The molecule has 3 rings (SSSR count). The Morgan fingerprint density at radius 3 is 2.42 bits per heavy atom. The molecule has 0 bridgehead atoms. The maximum atomic E-state index is 12.9. The Bertz CT molecular complexity index is 1090. The van der Waals surface area contributed by atoms with Gasteiger partial charge in [0.15, 0.2) is 29.6 Å². The van der Waals surface area contributed by atoms with Crippen LogP contribution in [0.5, 0.6) is 0 Å². The number of carbonyl (C=O) groups excluding carboxylic acids is 3. The fourth-order valence-electron chi connectivity index (χ4n) is 3.45. The number of fused-ring (bicyclic) bond motifs is 1. The summed E-state index contributed by atoms with van der Waals surface area (Å²) < 4.78 is 23.1. The number of aromatic amines is 1. The number of esters is 3. The van der Waals surface area contributed by atoms with E-state index in [1.807, 2.05) is 13.8 Å². The minimum Gasteiger partial charge on any atom is -0.463 e. The van der Waals surface area contributed by atoms with Crippen LogP contribution in [0.15, 0.2) is 11.1 Å². The highest BCUT2D eigenvalue weighted by Crippen LogP contribution is 2.35. The third-order valence-electron chi connectivity index (χ3n) is 4.73. The lowest BCUT2D eigenvalue weighted by Gasteiger charge is -2.23. The Morgan fingerprint density at radius 1 is 1.15 bits per heavy atom. The summed E-state index contributed by atoms with van der Waals surface area (Å²) in [5, 5.41) is 3.03. The Balaban J connectivity index is 2.00. The largest absolute Gasteiger partial charge is 0.463 e. The van der Waals surface area contributed by atoms with Gasteiger partial charge >= 0.3 is 17.9 Å². The first-order valence-corrected chi connectivity index (χ1v) is 10.4. The Labute approximate surface area is 188 Å². The van der Waals surface area contributed by atoms with E-state index in [1.54, 1.807) is 0 Å². The molecule has 2 N–H and O–H groups in total. The molecule has 33 heavy (non-hydrogen) atoms. The van der Waals surface area contributed by atoms with Crippen molar-refractivity contribution in [3.63, 3.8) is 0 Å². The Hall–Kier alpha value is -3.48. The summed E-state index contributed by atoms with van der Waals surface area (Å²) in [5.74, 6) is -1.28. The van der Waals surface area contributed by atoms with Crippen LogP contribution in [0.4, 0.5) is 5.95 Å². The standard InChI is InChI=1S/C20H27N5O8/c1-9(2)6-21-20-23-17-14(18(29)24-20)25(8-22-17)19-16(32-12(5)28)15(31-11(4)27)13(33-19)7-30-10(3)26/h8-9,13,15-16,19H,6-7H2,1-5H3,(H2,21,23,24,29)/t13-,15-,16+,19+/m1/s1. The van der Waals surface area contributed by atoms with Crippen LogP contribution < -0.4 is 10.9 Å². The van der Waals surface area contributed by atoms with E-state index in [9.17, 15) is 19.2 Å². The van der Waals surface area contributed by atoms with Gasteiger partial charge in [-0.1, -0.05) is 13.8 Å². The van der Waals surface area contributed by atoms with Gasteiger partial charge in [0.2, 0.25) is 5.95 Å². The third kappa shape index (κ3) is 5.66. The number of rotatable bonds is 8. The highest BCUT2D eigenvalue weighted by molar-refractivity contribution is 5.71. The lowest BCUT2D eigenvalue weighted by atomic mass is 10.1. The molecule has 0 saturated carbocycles. The summed E-state index contributed by atoms with van der Waals surface area (Å²) in [6.07, 6.45) is -2.96. The predicted molar refractivity (Wildman–Crippen MR) is 113 cm³/mol. The number of aromatic nitrogens is 4. The van der Waals surface area contributed by atoms with E-state index in [0.29, 0.717) is 12.5 Å². The molecular weight excluding hydrogens is 438 g/mol. The van der Waals surface area contributed by atoms with Gasteiger partial charge in [0.05, 0.1) is 0 Å². The molecule has 0 unspecified atom stereocenters. The second-order valence-corrected chi connectivity index (χ2v) is 8.03. The zero-order valence-corrected chi connectivity index (χ0v) is 19.0. The number of carbonyl (C=O) groups is 3. The lowest BCUT2D eigenvalue weighted by molar-refractivity contribution is -0.166. The van der Waals surface area contributed by atoms with Crippen LogP contribution in [0.1, 0.15) is 40.8 Å². The van der Waals surface area contributed by atoms with Gasteiger partial charge in [0, 0.05) is 27.3 Å². The number of imidazole rings is 1. The van der Waals surface area contributed by atoms with Gasteiger partial charge in [-0.2, -0.15) is 4.98 Å². The molecule has 0 spiro atoms. The Kier molecular flexibility index (Phi) is 7.31. The molecule has 1 saturated heterocycles. The fourth-order valence-corrected chi connectivity index (χ4v) is 3.45. The first kappa shape index (κ1) is 24.2. The van der Waals surface area contributed by atoms with Gasteiger partial charge in [0.25, 0.3) is 5.56 Å². The fraction of sp³-hybridized carbons (Fsp3) is 0.600. The topological polar surface area (TPSA) is 164 Å². The van der Waals surface area contributed by atoms with Gasteiger partial charge in [0.1, 0.15) is 19.0 Å². The van der Waals surface area contributed by atoms with Gasteiger partial charge in [-0.05, 0) is 5.92 Å². The van der Waals surface area contributed by atoms with E-state index in [0.717, 1.165) is 0 Å². The molecule has 13 heteroatoms. The van der Waals surface area contributed by atoms with Crippen molar-refractivity contribution in [3.8, 4) is 0 Å². The second-order valence-electron chi connectivity index (χ2n) is 8.03. The van der Waals surface area contributed by atoms with Crippen molar-refractivity contribution in [2.75, 3.05) is 18.5 Å². The maximum absolute atomic E-state index is 12.9. The molecule has 3 heterocycles. The molecule has 180 valence electrons. The van der Waals surface area contributed by atoms with Crippen LogP contribution >= 0.6 is 0 Å². The van der Waals surface area contributed by atoms with Crippen LogP contribution in [0.25, 0.3) is 11.2 Å². The number of nitrogens with zero attached hydrogens (tertiary/aromatic N) is 3. The lowest BCUT2D eigenvalue weighted by Crippen LogP contribution is -2.40. The van der Waals surface area contributed by atoms with Crippen LogP contribution in [0.3, 0.4) is 0 Å². The number of hydrogen-bond acceptors (Lipinski definition) is 11. The summed E-state index contributed by atoms with van der Waals surface area (Å²) in [4.78, 5) is 58.8. The van der Waals surface area contributed by atoms with E-state index < -0.39 is 48.0 Å². The molecule has 4 atom stereocenters. The summed E-state index contributed by atoms with van der Waals surface area (Å²) in [5.41, 5.74) is -0.286. The van der Waals surface area contributed by atoms with Crippen molar-refractivity contribution in [3.05, 3.63) is 16.7 Å². The van der Waals surface area contributed by atoms with Crippen molar-refractivity contribution in [2.24, 2.45) is 5.92 Å². The average Bonchev–Trinajstić information content (AvgIpc) is 3.26. The van der Waals surface area contributed by atoms with E-state index in [4.69, 9.17) is 18.9 Å². The minimum atomic E-state index is -1.14. The highest BCUT2D eigenvalue weighted by Gasteiger charge is 2.51. The Morgan fingerprint density at radius 2 is 1.82 bits per heavy atom. The van der Waals surface area contributed by atoms with E-state index in [1.165, 1.54) is 31.7 Å². The van der Waals surface area contributed by atoms with Gasteiger partial charge in [-0.3, -0.25) is 28.7 Å². The molecule has 2 aromatic heterocycles. The van der Waals surface area contributed by atoms with Crippen molar-refractivity contribution in [1.82, 2.24) is 19.5 Å². The molecule has 0 radical (unpaired) electrons. The van der Waals surface area contributed by atoms with E-state index >= 15 is 0 Å². The van der Waals surface area contributed by atoms with Crippen molar-refractivity contribution >= 4 is 35.0 Å². The quantitative estimate of drug-likeness (QED) is 0.412. The number of ether oxygens (including phenoxy) is 4. The van der Waals surface area contributed by atoms with Crippen molar-refractivity contribution < 1.29 is 33.3 Å². The molecule has 0 amide bonds. The summed E-state index contributed by atoms with van der Waals surface area (Å²) in [6, 6.07) is 0. The number of anilines is 1. The molecule has 0 aromatic carbocycles. The molecule has 2 aromatic rings.